The maximum Gasteiger partial charge on any atom is 0.256 e. The summed E-state index contributed by atoms with van der Waals surface area (Å²) in [6, 6.07) is 21.6. The quantitative estimate of drug-likeness (QED) is 0.334. The standard InChI is InChI=1S/C27H22BrN3O2S/c1-15-5-3-4-6-22(15)31-26(32)23-14-20-19-13-17(28)9-12-21(19)29-24(20)25(30(23)27(31)34)16-7-10-18(33-2)11-8-16/h3-13,23,25,29H,14H2,1-2H3. The van der Waals surface area contributed by atoms with Crippen LogP contribution in [-0.4, -0.2) is 34.1 Å². The number of anilines is 1. The molecule has 0 aliphatic carbocycles. The number of ether oxygens (including phenoxy) is 1. The highest BCUT2D eigenvalue weighted by Crippen LogP contribution is 2.45. The molecule has 3 heterocycles. The zero-order valence-electron chi connectivity index (χ0n) is 18.7. The predicted molar refractivity (Wildman–Crippen MR) is 141 cm³/mol. The molecule has 1 aromatic heterocycles. The Kier molecular flexibility index (Phi) is 5.00. The van der Waals surface area contributed by atoms with Gasteiger partial charge in [-0.2, -0.15) is 0 Å². The van der Waals surface area contributed by atoms with Crippen LogP contribution in [0, 0.1) is 6.92 Å². The minimum atomic E-state index is -0.371. The molecule has 2 aliphatic heterocycles. The smallest absolute Gasteiger partial charge is 0.256 e. The molecular formula is C27H22BrN3O2S. The van der Waals surface area contributed by atoms with Crippen LogP contribution < -0.4 is 9.64 Å². The summed E-state index contributed by atoms with van der Waals surface area (Å²) in [7, 11) is 1.66. The van der Waals surface area contributed by atoms with Gasteiger partial charge < -0.3 is 14.6 Å². The number of halogens is 1. The summed E-state index contributed by atoms with van der Waals surface area (Å²) in [6.45, 7) is 2.01. The summed E-state index contributed by atoms with van der Waals surface area (Å²) in [4.78, 5) is 21.4. The molecule has 0 radical (unpaired) electrons. The third-order valence-corrected chi connectivity index (χ3v) is 7.78. The molecule has 1 amide bonds. The van der Waals surface area contributed by atoms with Gasteiger partial charge in [0.1, 0.15) is 11.8 Å². The van der Waals surface area contributed by atoms with Crippen LogP contribution in [0.4, 0.5) is 5.69 Å². The highest BCUT2D eigenvalue weighted by Gasteiger charge is 2.51. The fraction of sp³-hybridized carbons (Fsp3) is 0.185. The highest BCUT2D eigenvalue weighted by molar-refractivity contribution is 9.10. The Hall–Kier alpha value is -3.16. The Morgan fingerprint density at radius 1 is 1.09 bits per heavy atom. The highest BCUT2D eigenvalue weighted by atomic mass is 79.9. The van der Waals surface area contributed by atoms with Gasteiger partial charge in [0.25, 0.3) is 5.91 Å². The van der Waals surface area contributed by atoms with Crippen molar-refractivity contribution in [3.05, 3.63) is 93.6 Å². The molecule has 0 spiro atoms. The van der Waals surface area contributed by atoms with Gasteiger partial charge in [0.2, 0.25) is 0 Å². The third-order valence-electron chi connectivity index (χ3n) is 6.89. The number of aryl methyl sites for hydroxylation is 1. The van der Waals surface area contributed by atoms with Crippen molar-refractivity contribution in [1.29, 1.82) is 0 Å². The van der Waals surface area contributed by atoms with Crippen molar-refractivity contribution in [3.8, 4) is 5.75 Å². The second-order valence-corrected chi connectivity index (χ2v) is 10.0. The lowest BCUT2D eigenvalue weighted by Gasteiger charge is -2.37. The molecule has 3 aromatic carbocycles. The monoisotopic (exact) mass is 531 g/mol. The molecule has 1 N–H and O–H groups in total. The lowest BCUT2D eigenvalue weighted by molar-refractivity contribution is -0.120. The van der Waals surface area contributed by atoms with Crippen molar-refractivity contribution in [3.63, 3.8) is 0 Å². The van der Waals surface area contributed by atoms with Gasteiger partial charge in [-0.3, -0.25) is 9.69 Å². The van der Waals surface area contributed by atoms with E-state index in [4.69, 9.17) is 17.0 Å². The number of benzene rings is 3. The zero-order chi connectivity index (χ0) is 23.6. The van der Waals surface area contributed by atoms with Crippen LogP contribution in [-0.2, 0) is 11.2 Å². The maximum atomic E-state index is 13.9. The SMILES string of the molecule is COc1ccc(C2c3[nH]c4ccc(Br)cc4c3CC3C(=O)N(c4ccccc4C)C(=S)N32)cc1. The normalized spacial score (nSPS) is 19.5. The number of para-hydroxylation sites is 1. The van der Waals surface area contributed by atoms with Gasteiger partial charge in [-0.25, -0.2) is 0 Å². The molecule has 34 heavy (non-hydrogen) atoms. The van der Waals surface area contributed by atoms with Crippen molar-refractivity contribution in [2.45, 2.75) is 25.4 Å². The first kappa shape index (κ1) is 21.4. The van der Waals surface area contributed by atoms with E-state index < -0.39 is 0 Å². The number of carbonyl (C=O) groups is 1. The fourth-order valence-corrected chi connectivity index (χ4v) is 6.05. The predicted octanol–water partition coefficient (Wildman–Crippen LogP) is 5.90. The second-order valence-electron chi connectivity index (χ2n) is 8.75. The Bertz CT molecular complexity index is 1460. The fourth-order valence-electron chi connectivity index (χ4n) is 5.26. The number of thiocarbonyl (C=S) groups is 1. The number of carbonyl (C=O) groups excluding carboxylic acids is 1. The van der Waals surface area contributed by atoms with Crippen LogP contribution >= 0.6 is 28.1 Å². The maximum absolute atomic E-state index is 13.9. The van der Waals surface area contributed by atoms with Gasteiger partial charge in [-0.15, -0.1) is 0 Å². The lowest BCUT2D eigenvalue weighted by atomic mass is 9.89. The summed E-state index contributed by atoms with van der Waals surface area (Å²) in [5, 5.41) is 1.67. The second kappa shape index (κ2) is 7.96. The summed E-state index contributed by atoms with van der Waals surface area (Å²) in [5.41, 5.74) is 6.22. The summed E-state index contributed by atoms with van der Waals surface area (Å²) >= 11 is 9.61. The molecule has 6 rings (SSSR count). The van der Waals surface area contributed by atoms with Gasteiger partial charge in [0.05, 0.1) is 18.8 Å². The molecular weight excluding hydrogens is 510 g/mol. The van der Waals surface area contributed by atoms with E-state index in [9.17, 15) is 4.79 Å². The number of hydrogen-bond donors (Lipinski definition) is 1. The van der Waals surface area contributed by atoms with E-state index in [0.29, 0.717) is 11.5 Å². The number of amides is 1. The molecule has 1 fully saturated rings. The summed E-state index contributed by atoms with van der Waals surface area (Å²) in [6.07, 6.45) is 0.597. The van der Waals surface area contributed by atoms with Crippen molar-refractivity contribution in [1.82, 2.24) is 9.88 Å². The molecule has 2 aliphatic rings. The minimum Gasteiger partial charge on any atom is -0.497 e. The van der Waals surface area contributed by atoms with Crippen molar-refractivity contribution in [2.24, 2.45) is 0 Å². The molecule has 0 bridgehead atoms. The van der Waals surface area contributed by atoms with Gasteiger partial charge >= 0.3 is 0 Å². The summed E-state index contributed by atoms with van der Waals surface area (Å²) < 4.78 is 6.40. The first-order chi connectivity index (χ1) is 16.5. The van der Waals surface area contributed by atoms with Gasteiger partial charge in [0, 0.05) is 27.5 Å². The van der Waals surface area contributed by atoms with E-state index in [1.807, 2.05) is 49.4 Å². The first-order valence-corrected chi connectivity index (χ1v) is 12.3. The molecule has 5 nitrogen and oxygen atoms in total. The number of H-pyrrole nitrogens is 1. The number of nitrogens with one attached hydrogen (secondary N) is 1. The van der Waals surface area contributed by atoms with Crippen LogP contribution in [0.2, 0.25) is 0 Å². The van der Waals surface area contributed by atoms with Crippen molar-refractivity contribution < 1.29 is 9.53 Å². The Morgan fingerprint density at radius 3 is 2.59 bits per heavy atom. The van der Waals surface area contributed by atoms with E-state index in [2.05, 4.69) is 50.1 Å². The molecule has 0 saturated carbocycles. The summed E-state index contributed by atoms with van der Waals surface area (Å²) in [5.74, 6) is 0.811. The molecule has 7 heteroatoms. The van der Waals surface area contributed by atoms with Crippen molar-refractivity contribution in [2.75, 3.05) is 12.0 Å². The molecule has 170 valence electrons. The first-order valence-electron chi connectivity index (χ1n) is 11.1. The van der Waals surface area contributed by atoms with Crippen LogP contribution in [0.1, 0.15) is 28.4 Å². The Morgan fingerprint density at radius 2 is 1.85 bits per heavy atom. The van der Waals surface area contributed by atoms with E-state index in [-0.39, 0.29) is 18.0 Å². The molecule has 1 saturated heterocycles. The zero-order valence-corrected chi connectivity index (χ0v) is 21.1. The average molecular weight is 532 g/mol. The molecule has 4 aromatic rings. The van der Waals surface area contributed by atoms with Crippen LogP contribution in [0.5, 0.6) is 5.75 Å². The number of aromatic nitrogens is 1. The third kappa shape index (κ3) is 3.11. The van der Waals surface area contributed by atoms with Crippen LogP contribution in [0.25, 0.3) is 10.9 Å². The van der Waals surface area contributed by atoms with Crippen molar-refractivity contribution >= 4 is 55.8 Å². The topological polar surface area (TPSA) is 48.6 Å². The van der Waals surface area contributed by atoms with Crippen LogP contribution in [0.15, 0.2) is 71.2 Å². The van der Waals surface area contributed by atoms with Gasteiger partial charge in [-0.05, 0) is 72.2 Å². The van der Waals surface area contributed by atoms with E-state index in [1.54, 1.807) is 12.0 Å². The van der Waals surface area contributed by atoms with Gasteiger partial charge in [-0.1, -0.05) is 46.3 Å². The van der Waals surface area contributed by atoms with E-state index in [0.717, 1.165) is 43.6 Å². The lowest BCUT2D eigenvalue weighted by Crippen LogP contribution is -2.44. The van der Waals surface area contributed by atoms with E-state index >= 15 is 0 Å². The number of rotatable bonds is 3. The average Bonchev–Trinajstić information content (AvgIpc) is 3.32. The number of nitrogens with zero attached hydrogens (tertiary/aromatic N) is 2. The molecule has 2 atom stereocenters. The Balaban J connectivity index is 1.55. The number of aromatic amines is 1. The van der Waals surface area contributed by atoms with E-state index in [1.165, 1.54) is 5.56 Å². The number of hydrogen-bond acceptors (Lipinski definition) is 3. The van der Waals surface area contributed by atoms with Crippen LogP contribution in [0.3, 0.4) is 0 Å². The minimum absolute atomic E-state index is 0.0211. The largest absolute Gasteiger partial charge is 0.497 e. The number of fused-ring (bicyclic) bond motifs is 4. The molecule has 2 unspecified atom stereocenters. The Labute approximate surface area is 211 Å². The number of methoxy groups -OCH3 is 1. The van der Waals surface area contributed by atoms with Gasteiger partial charge in [0.15, 0.2) is 5.11 Å².